The maximum atomic E-state index is 12.7. The number of piperidine rings is 1. The Balaban J connectivity index is 1.47. The maximum Gasteiger partial charge on any atom is 0.317 e. The Morgan fingerprint density at radius 3 is 3.12 bits per heavy atom. The van der Waals surface area contributed by atoms with Gasteiger partial charge >= 0.3 is 6.03 Å². The highest BCUT2D eigenvalue weighted by atomic mass is 16.5. The van der Waals surface area contributed by atoms with Crippen molar-refractivity contribution in [1.82, 2.24) is 25.3 Å². The number of hydrogen-bond donors (Lipinski definition) is 2. The molecule has 0 aliphatic carbocycles. The van der Waals surface area contributed by atoms with Gasteiger partial charge in [0.25, 0.3) is 0 Å². The summed E-state index contributed by atoms with van der Waals surface area (Å²) in [5.41, 5.74) is 1.11. The molecule has 7 nitrogen and oxygen atoms in total. The average molecular weight is 335 g/mol. The van der Waals surface area contributed by atoms with Crippen LogP contribution in [0.3, 0.4) is 0 Å². The highest BCUT2D eigenvalue weighted by Crippen LogP contribution is 2.30. The van der Waals surface area contributed by atoms with Crippen LogP contribution in [-0.4, -0.2) is 72.5 Å². The van der Waals surface area contributed by atoms with Gasteiger partial charge in [0.15, 0.2) is 0 Å². The Labute approximate surface area is 143 Å². The molecule has 0 saturated carbocycles. The first-order chi connectivity index (χ1) is 11.8. The largest absolute Gasteiger partial charge is 0.383 e. The zero-order chi connectivity index (χ0) is 16.8. The molecular formula is C17H29N5O2. The SMILES string of the molecule is COCCN1CCC(CNC(=O)N2CCCCC2c2cn[nH]c2)C1. The van der Waals surface area contributed by atoms with Crippen LogP contribution in [-0.2, 0) is 4.74 Å². The predicted octanol–water partition coefficient (Wildman–Crippen LogP) is 1.61. The summed E-state index contributed by atoms with van der Waals surface area (Å²) in [7, 11) is 1.74. The molecule has 134 valence electrons. The first-order valence-corrected chi connectivity index (χ1v) is 9.02. The van der Waals surface area contributed by atoms with Crippen molar-refractivity contribution in [3.63, 3.8) is 0 Å². The summed E-state index contributed by atoms with van der Waals surface area (Å²) < 4.78 is 5.14. The van der Waals surface area contributed by atoms with Crippen LogP contribution < -0.4 is 5.32 Å². The molecule has 0 bridgehead atoms. The number of nitrogens with zero attached hydrogens (tertiary/aromatic N) is 3. The second kappa shape index (κ2) is 8.48. The summed E-state index contributed by atoms with van der Waals surface area (Å²) in [6.45, 7) is 5.50. The Kier molecular flexibility index (Phi) is 6.09. The minimum atomic E-state index is 0.0660. The maximum absolute atomic E-state index is 12.7. The van der Waals surface area contributed by atoms with Gasteiger partial charge in [0.1, 0.15) is 0 Å². The quantitative estimate of drug-likeness (QED) is 0.828. The van der Waals surface area contributed by atoms with Gasteiger partial charge < -0.3 is 19.9 Å². The van der Waals surface area contributed by atoms with E-state index in [2.05, 4.69) is 20.4 Å². The highest BCUT2D eigenvalue weighted by molar-refractivity contribution is 5.74. The fourth-order valence-corrected chi connectivity index (χ4v) is 3.80. The molecule has 24 heavy (non-hydrogen) atoms. The van der Waals surface area contributed by atoms with Gasteiger partial charge in [0.2, 0.25) is 0 Å². The molecule has 2 aliphatic heterocycles. The lowest BCUT2D eigenvalue weighted by molar-refractivity contribution is 0.149. The number of H-pyrrole nitrogens is 1. The Hall–Kier alpha value is -1.60. The van der Waals surface area contributed by atoms with Crippen LogP contribution in [0.4, 0.5) is 4.79 Å². The molecule has 3 rings (SSSR count). The molecule has 7 heteroatoms. The number of aromatic amines is 1. The normalized spacial score (nSPS) is 25.1. The predicted molar refractivity (Wildman–Crippen MR) is 91.7 cm³/mol. The number of rotatable bonds is 6. The van der Waals surface area contributed by atoms with E-state index in [1.807, 2.05) is 17.3 Å². The molecule has 2 unspecified atom stereocenters. The van der Waals surface area contributed by atoms with E-state index in [9.17, 15) is 4.79 Å². The molecule has 3 heterocycles. The number of nitrogens with one attached hydrogen (secondary N) is 2. The van der Waals surface area contributed by atoms with Crippen molar-refractivity contribution < 1.29 is 9.53 Å². The van der Waals surface area contributed by atoms with Gasteiger partial charge in [0.05, 0.1) is 18.8 Å². The summed E-state index contributed by atoms with van der Waals surface area (Å²) in [4.78, 5) is 17.1. The Bertz CT molecular complexity index is 507. The lowest BCUT2D eigenvalue weighted by atomic mass is 9.98. The van der Waals surface area contributed by atoms with Crippen LogP contribution in [0, 0.1) is 5.92 Å². The van der Waals surface area contributed by atoms with Gasteiger partial charge in [-0.2, -0.15) is 5.10 Å². The number of methoxy groups -OCH3 is 1. The third kappa shape index (κ3) is 4.27. The Morgan fingerprint density at radius 2 is 2.33 bits per heavy atom. The lowest BCUT2D eigenvalue weighted by Crippen LogP contribution is -2.46. The number of carbonyl (C=O) groups is 1. The number of ether oxygens (including phenoxy) is 1. The molecule has 2 amide bonds. The van der Waals surface area contributed by atoms with E-state index in [0.29, 0.717) is 5.92 Å². The summed E-state index contributed by atoms with van der Waals surface area (Å²) in [6.07, 6.45) is 8.14. The van der Waals surface area contributed by atoms with E-state index < -0.39 is 0 Å². The number of urea groups is 1. The van der Waals surface area contributed by atoms with Crippen LogP contribution in [0.15, 0.2) is 12.4 Å². The van der Waals surface area contributed by atoms with Crippen molar-refractivity contribution in [3.05, 3.63) is 18.0 Å². The molecule has 2 aliphatic rings. The first kappa shape index (κ1) is 17.2. The minimum absolute atomic E-state index is 0.0660. The third-order valence-electron chi connectivity index (χ3n) is 5.19. The molecule has 1 aromatic heterocycles. The first-order valence-electron chi connectivity index (χ1n) is 9.02. The minimum Gasteiger partial charge on any atom is -0.383 e. The van der Waals surface area contributed by atoms with Crippen LogP contribution in [0.5, 0.6) is 0 Å². The number of aromatic nitrogens is 2. The van der Waals surface area contributed by atoms with Crippen molar-refractivity contribution in [2.24, 2.45) is 5.92 Å². The summed E-state index contributed by atoms with van der Waals surface area (Å²) >= 11 is 0. The van der Waals surface area contributed by atoms with E-state index in [-0.39, 0.29) is 12.1 Å². The van der Waals surface area contributed by atoms with E-state index in [4.69, 9.17) is 4.74 Å². The van der Waals surface area contributed by atoms with E-state index >= 15 is 0 Å². The molecule has 2 atom stereocenters. The van der Waals surface area contributed by atoms with Crippen LogP contribution in [0.1, 0.15) is 37.3 Å². The number of carbonyl (C=O) groups excluding carboxylic acids is 1. The number of hydrogen-bond acceptors (Lipinski definition) is 4. The fraction of sp³-hybridized carbons (Fsp3) is 0.765. The summed E-state index contributed by atoms with van der Waals surface area (Å²) in [5.74, 6) is 0.544. The molecule has 1 aromatic rings. The van der Waals surface area contributed by atoms with E-state index in [0.717, 1.165) is 70.6 Å². The monoisotopic (exact) mass is 335 g/mol. The van der Waals surface area contributed by atoms with Crippen LogP contribution in [0.25, 0.3) is 0 Å². The number of likely N-dealkylation sites (tertiary alicyclic amines) is 2. The molecule has 2 saturated heterocycles. The number of amides is 2. The van der Waals surface area contributed by atoms with Crippen LogP contribution in [0.2, 0.25) is 0 Å². The van der Waals surface area contributed by atoms with Gasteiger partial charge in [-0.1, -0.05) is 0 Å². The van der Waals surface area contributed by atoms with Gasteiger partial charge in [-0.05, 0) is 38.1 Å². The summed E-state index contributed by atoms with van der Waals surface area (Å²) in [6, 6.07) is 0.218. The fourth-order valence-electron chi connectivity index (χ4n) is 3.80. The second-order valence-corrected chi connectivity index (χ2v) is 6.87. The van der Waals surface area contributed by atoms with Gasteiger partial charge in [-0.3, -0.25) is 5.10 Å². The van der Waals surface area contributed by atoms with Crippen molar-refractivity contribution >= 4 is 6.03 Å². The van der Waals surface area contributed by atoms with Gasteiger partial charge in [0, 0.05) is 45.0 Å². The Morgan fingerprint density at radius 1 is 1.42 bits per heavy atom. The standard InChI is InChI=1S/C17H29N5O2/c1-24-9-8-21-7-5-14(13-21)10-18-17(23)22-6-3-2-4-16(22)15-11-19-20-12-15/h11-12,14,16H,2-10,13H2,1H3,(H,18,23)(H,19,20). The highest BCUT2D eigenvalue weighted by Gasteiger charge is 2.29. The molecule has 0 aromatic carbocycles. The van der Waals surface area contributed by atoms with Crippen molar-refractivity contribution in [2.75, 3.05) is 46.4 Å². The second-order valence-electron chi connectivity index (χ2n) is 6.87. The van der Waals surface area contributed by atoms with Gasteiger partial charge in [-0.15, -0.1) is 0 Å². The summed E-state index contributed by atoms with van der Waals surface area (Å²) in [5, 5.41) is 10.1. The van der Waals surface area contributed by atoms with Crippen molar-refractivity contribution in [2.45, 2.75) is 31.7 Å². The third-order valence-corrected chi connectivity index (χ3v) is 5.19. The zero-order valence-corrected chi connectivity index (χ0v) is 14.5. The molecule has 0 spiro atoms. The molecular weight excluding hydrogens is 306 g/mol. The zero-order valence-electron chi connectivity index (χ0n) is 14.5. The lowest BCUT2D eigenvalue weighted by Gasteiger charge is -2.35. The van der Waals surface area contributed by atoms with Crippen LogP contribution >= 0.6 is 0 Å². The molecule has 2 fully saturated rings. The average Bonchev–Trinajstić information content (AvgIpc) is 3.29. The van der Waals surface area contributed by atoms with Gasteiger partial charge in [-0.25, -0.2) is 4.79 Å². The van der Waals surface area contributed by atoms with Crippen molar-refractivity contribution in [1.29, 1.82) is 0 Å². The smallest absolute Gasteiger partial charge is 0.317 e. The molecule has 2 N–H and O–H groups in total. The topological polar surface area (TPSA) is 73.5 Å². The van der Waals surface area contributed by atoms with Crippen molar-refractivity contribution in [3.8, 4) is 0 Å². The van der Waals surface area contributed by atoms with E-state index in [1.165, 1.54) is 0 Å². The van der Waals surface area contributed by atoms with E-state index in [1.54, 1.807) is 7.11 Å². The molecule has 0 radical (unpaired) electrons.